The molecule has 1 aliphatic heterocycles. The number of hydrogen-bond donors (Lipinski definition) is 2. The molecule has 0 unspecified atom stereocenters. The number of aromatic nitrogens is 4. The van der Waals surface area contributed by atoms with E-state index in [4.69, 9.17) is 14.6 Å². The predicted octanol–water partition coefficient (Wildman–Crippen LogP) is 7.19. The fourth-order valence-electron chi connectivity index (χ4n) is 4.17. The van der Waals surface area contributed by atoms with Crippen LogP contribution in [-0.4, -0.2) is 49.4 Å². The van der Waals surface area contributed by atoms with Gasteiger partial charge in [0.15, 0.2) is 5.82 Å². The average Bonchev–Trinajstić information content (AvgIpc) is 3.66. The summed E-state index contributed by atoms with van der Waals surface area (Å²) in [5.41, 5.74) is 4.55. The van der Waals surface area contributed by atoms with Gasteiger partial charge < -0.3 is 19.7 Å². The zero-order valence-corrected chi connectivity index (χ0v) is 28.3. The smallest absolute Gasteiger partial charge is 0.154 e. The highest BCUT2D eigenvalue weighted by Gasteiger charge is 2.13. The van der Waals surface area contributed by atoms with E-state index in [9.17, 15) is 5.11 Å². The van der Waals surface area contributed by atoms with Crippen LogP contribution in [0.15, 0.2) is 85.4 Å². The molecular weight excluding hydrogens is 746 g/mol. The summed E-state index contributed by atoms with van der Waals surface area (Å²) in [5, 5.41) is 23.1. The number of aliphatic imine (C=N–C) groups is 1. The standard InChI is InChI=1S/C15H14BrN3O2.C10H10BrNO.C6H6BrNO/c1-2-21-14-7-10(16)6-13-12(14)8-17-19(13)15-5-3-4-11(9-20)18-15;1-2-13-10-4-8(11)3-7-5-12-6-9(7)10;7-6-3-1-2-5(4-9)8-6/h3-8,20H,2,9H2,1H3;3-4,6H,2,5H2,1H3;1-3,9H,4H2. The van der Waals surface area contributed by atoms with Crippen molar-refractivity contribution < 1.29 is 19.7 Å². The first-order valence-electron chi connectivity index (χ1n) is 13.4. The number of aliphatic hydroxyl groups excluding tert-OH is 2. The zero-order valence-electron chi connectivity index (χ0n) is 23.5. The Morgan fingerprint density at radius 2 is 1.47 bits per heavy atom. The van der Waals surface area contributed by atoms with Crippen molar-refractivity contribution in [1.82, 2.24) is 19.7 Å². The van der Waals surface area contributed by atoms with E-state index in [-0.39, 0.29) is 13.2 Å². The molecule has 9 nitrogen and oxygen atoms in total. The van der Waals surface area contributed by atoms with Crippen LogP contribution in [0.25, 0.3) is 16.7 Å². The third-order valence-electron chi connectivity index (χ3n) is 6.00. The molecule has 1 aliphatic rings. The number of pyridine rings is 2. The lowest BCUT2D eigenvalue weighted by atomic mass is 10.1. The van der Waals surface area contributed by atoms with Crippen LogP contribution in [0.5, 0.6) is 11.5 Å². The van der Waals surface area contributed by atoms with E-state index in [0.29, 0.717) is 30.4 Å². The molecule has 0 saturated heterocycles. The van der Waals surface area contributed by atoms with Crippen LogP contribution in [0, 0.1) is 0 Å². The molecule has 2 aromatic carbocycles. The topological polar surface area (TPSA) is 115 Å². The van der Waals surface area contributed by atoms with Crippen LogP contribution in [0.2, 0.25) is 0 Å². The van der Waals surface area contributed by atoms with Gasteiger partial charge >= 0.3 is 0 Å². The lowest BCUT2D eigenvalue weighted by Gasteiger charge is -2.08. The van der Waals surface area contributed by atoms with Gasteiger partial charge in [0.05, 0.1) is 61.5 Å². The Labute approximate surface area is 275 Å². The minimum absolute atomic E-state index is 0.000556. The number of rotatable bonds is 7. The molecule has 3 aromatic heterocycles. The van der Waals surface area contributed by atoms with Crippen molar-refractivity contribution in [3.8, 4) is 17.3 Å². The molecule has 0 spiro atoms. The molecule has 4 heterocycles. The van der Waals surface area contributed by atoms with E-state index in [2.05, 4.69) is 73.9 Å². The summed E-state index contributed by atoms with van der Waals surface area (Å²) < 4.78 is 15.6. The second-order valence-electron chi connectivity index (χ2n) is 8.96. The van der Waals surface area contributed by atoms with Gasteiger partial charge in [0.25, 0.3) is 0 Å². The maximum atomic E-state index is 9.21. The first-order chi connectivity index (χ1) is 20.9. The van der Waals surface area contributed by atoms with E-state index < -0.39 is 0 Å². The minimum atomic E-state index is -0.0963. The molecule has 0 bridgehead atoms. The highest BCUT2D eigenvalue weighted by Crippen LogP contribution is 2.32. The van der Waals surface area contributed by atoms with Crippen molar-refractivity contribution in [1.29, 1.82) is 0 Å². The number of hydrogen-bond acceptors (Lipinski definition) is 8. The summed E-state index contributed by atoms with van der Waals surface area (Å²) in [6.45, 7) is 5.89. The van der Waals surface area contributed by atoms with Crippen molar-refractivity contribution in [2.24, 2.45) is 4.99 Å². The van der Waals surface area contributed by atoms with Crippen molar-refractivity contribution in [3.63, 3.8) is 0 Å². The fraction of sp³-hybridized carbons (Fsp3) is 0.226. The van der Waals surface area contributed by atoms with Gasteiger partial charge in [-0.2, -0.15) is 5.10 Å². The van der Waals surface area contributed by atoms with E-state index >= 15 is 0 Å². The molecule has 12 heteroatoms. The highest BCUT2D eigenvalue weighted by atomic mass is 79.9. The van der Waals surface area contributed by atoms with Gasteiger partial charge in [-0.05, 0) is 83.9 Å². The Morgan fingerprint density at radius 3 is 2.14 bits per heavy atom. The number of aliphatic hydroxyl groups is 2. The summed E-state index contributed by atoms with van der Waals surface area (Å²) in [4.78, 5) is 12.6. The fourth-order valence-corrected chi connectivity index (χ4v) is 5.45. The van der Waals surface area contributed by atoms with Crippen LogP contribution >= 0.6 is 47.8 Å². The summed E-state index contributed by atoms with van der Waals surface area (Å²) in [7, 11) is 0. The number of halogens is 3. The van der Waals surface area contributed by atoms with E-state index in [1.807, 2.05) is 62.5 Å². The summed E-state index contributed by atoms with van der Waals surface area (Å²) >= 11 is 10.1. The monoisotopic (exact) mass is 773 g/mol. The lowest BCUT2D eigenvalue weighted by molar-refractivity contribution is 0.276. The normalized spacial score (nSPS) is 11.3. The highest BCUT2D eigenvalue weighted by molar-refractivity contribution is 9.11. The molecule has 0 atom stereocenters. The van der Waals surface area contributed by atoms with E-state index in [1.165, 1.54) is 5.56 Å². The molecule has 0 fully saturated rings. The maximum Gasteiger partial charge on any atom is 0.154 e. The average molecular weight is 776 g/mol. The third-order valence-corrected chi connectivity index (χ3v) is 7.35. The van der Waals surface area contributed by atoms with Gasteiger partial charge in [0.2, 0.25) is 0 Å². The number of fused-ring (bicyclic) bond motifs is 2. The third kappa shape index (κ3) is 8.70. The Bertz CT molecular complexity index is 1710. The lowest BCUT2D eigenvalue weighted by Crippen LogP contribution is -2.01. The number of benzene rings is 2. The van der Waals surface area contributed by atoms with Crippen molar-refractivity contribution in [2.45, 2.75) is 33.6 Å². The van der Waals surface area contributed by atoms with E-state index in [0.717, 1.165) is 48.1 Å². The Balaban J connectivity index is 0.000000163. The molecule has 0 radical (unpaired) electrons. The molecule has 224 valence electrons. The summed E-state index contributed by atoms with van der Waals surface area (Å²) in [6, 6.07) is 18.9. The van der Waals surface area contributed by atoms with Crippen LogP contribution in [0.1, 0.15) is 36.4 Å². The summed E-state index contributed by atoms with van der Waals surface area (Å²) in [5.74, 6) is 2.37. The molecule has 2 N–H and O–H groups in total. The first-order valence-corrected chi connectivity index (χ1v) is 15.8. The van der Waals surface area contributed by atoms with Crippen molar-refractivity contribution in [3.05, 3.63) is 103 Å². The van der Waals surface area contributed by atoms with Crippen molar-refractivity contribution in [2.75, 3.05) is 13.2 Å². The van der Waals surface area contributed by atoms with Crippen LogP contribution < -0.4 is 9.47 Å². The molecule has 43 heavy (non-hydrogen) atoms. The second kappa shape index (κ2) is 16.1. The number of nitrogens with zero attached hydrogens (tertiary/aromatic N) is 5. The van der Waals surface area contributed by atoms with Gasteiger partial charge in [0, 0.05) is 20.7 Å². The SMILES string of the molecule is CCOc1cc(Br)cc2c1C=NC2.CCOc1cc(Br)cc2c1cnn2-c1cccc(CO)n1.OCc1cccc(Br)n1. The number of ether oxygens (including phenoxy) is 2. The zero-order chi connectivity index (χ0) is 30.8. The first kappa shape index (κ1) is 32.7. The van der Waals surface area contributed by atoms with Gasteiger partial charge in [-0.15, -0.1) is 0 Å². The van der Waals surface area contributed by atoms with Crippen LogP contribution in [0.3, 0.4) is 0 Å². The molecule has 0 saturated carbocycles. The van der Waals surface area contributed by atoms with Gasteiger partial charge in [-0.25, -0.2) is 14.6 Å². The Kier molecular flexibility index (Phi) is 12.2. The Hall–Kier alpha value is -3.16. The van der Waals surface area contributed by atoms with Crippen LogP contribution in [-0.2, 0) is 19.8 Å². The molecule has 5 aromatic rings. The van der Waals surface area contributed by atoms with Gasteiger partial charge in [-0.3, -0.25) is 4.99 Å². The minimum Gasteiger partial charge on any atom is -0.493 e. The van der Waals surface area contributed by atoms with E-state index in [1.54, 1.807) is 23.0 Å². The maximum absolute atomic E-state index is 9.21. The van der Waals surface area contributed by atoms with Crippen LogP contribution in [0.4, 0.5) is 0 Å². The molecule has 6 rings (SSSR count). The Morgan fingerprint density at radius 1 is 0.814 bits per heavy atom. The largest absolute Gasteiger partial charge is 0.493 e. The summed E-state index contributed by atoms with van der Waals surface area (Å²) in [6.07, 6.45) is 3.65. The van der Waals surface area contributed by atoms with Gasteiger partial charge in [0.1, 0.15) is 16.1 Å². The quantitative estimate of drug-likeness (QED) is 0.168. The molecule has 0 amide bonds. The second-order valence-corrected chi connectivity index (χ2v) is 11.6. The predicted molar refractivity (Wildman–Crippen MR) is 178 cm³/mol. The van der Waals surface area contributed by atoms with Crippen molar-refractivity contribution >= 4 is 64.9 Å². The molecule has 0 aliphatic carbocycles. The molecular formula is C31H30Br3N5O4. The van der Waals surface area contributed by atoms with Gasteiger partial charge in [-0.1, -0.05) is 44.0 Å².